The third-order valence-corrected chi connectivity index (χ3v) is 3.46. The Hall–Kier alpha value is -2.74. The number of hydrogen-bond acceptors (Lipinski definition) is 7. The number of rotatable bonds is 6. The SMILES string of the molecule is CCOc1cc(C=C2C(=O)OC(C)(C)OC2=O)c(Cl)cc1OCC(=O)O. The van der Waals surface area contributed by atoms with Crippen molar-refractivity contribution in [3.05, 3.63) is 28.3 Å². The normalized spacial score (nSPS) is 15.8. The Labute approximate surface area is 154 Å². The quantitative estimate of drug-likeness (QED) is 0.452. The number of aliphatic carboxylic acids is 1. The van der Waals surface area contributed by atoms with Gasteiger partial charge in [0.2, 0.25) is 0 Å². The molecular formula is C17H17ClO8. The fourth-order valence-corrected chi connectivity index (χ4v) is 2.32. The molecule has 140 valence electrons. The molecule has 1 saturated heterocycles. The number of hydrogen-bond donors (Lipinski definition) is 1. The first kappa shape index (κ1) is 19.6. The third kappa shape index (κ3) is 4.66. The van der Waals surface area contributed by atoms with Gasteiger partial charge in [-0.1, -0.05) is 11.6 Å². The molecule has 1 N–H and O–H groups in total. The maximum Gasteiger partial charge on any atom is 0.348 e. The van der Waals surface area contributed by atoms with E-state index in [0.717, 1.165) is 0 Å². The molecule has 0 amide bonds. The highest BCUT2D eigenvalue weighted by atomic mass is 35.5. The molecule has 0 radical (unpaired) electrons. The molecule has 8 nitrogen and oxygen atoms in total. The van der Waals surface area contributed by atoms with Gasteiger partial charge in [0.05, 0.1) is 11.6 Å². The molecule has 9 heteroatoms. The van der Waals surface area contributed by atoms with Crippen molar-refractivity contribution in [3.63, 3.8) is 0 Å². The topological polar surface area (TPSA) is 108 Å². The van der Waals surface area contributed by atoms with Crippen LogP contribution in [0.25, 0.3) is 6.08 Å². The number of ether oxygens (including phenoxy) is 4. The molecule has 0 aromatic heterocycles. The van der Waals surface area contributed by atoms with Crippen LogP contribution in [0, 0.1) is 0 Å². The van der Waals surface area contributed by atoms with Crippen LogP contribution in [0.2, 0.25) is 5.02 Å². The number of cyclic esters (lactones) is 2. The highest BCUT2D eigenvalue weighted by Gasteiger charge is 2.39. The maximum atomic E-state index is 12.0. The minimum Gasteiger partial charge on any atom is -0.490 e. The summed E-state index contributed by atoms with van der Waals surface area (Å²) in [4.78, 5) is 34.7. The summed E-state index contributed by atoms with van der Waals surface area (Å²) >= 11 is 6.16. The molecule has 0 bridgehead atoms. The second kappa shape index (κ2) is 7.65. The van der Waals surface area contributed by atoms with Gasteiger partial charge in [-0.25, -0.2) is 14.4 Å². The molecule has 2 rings (SSSR count). The molecule has 0 saturated carbocycles. The molecule has 1 aromatic carbocycles. The van der Waals surface area contributed by atoms with E-state index in [9.17, 15) is 14.4 Å². The first-order chi connectivity index (χ1) is 12.1. The first-order valence-corrected chi connectivity index (χ1v) is 8.00. The lowest BCUT2D eigenvalue weighted by atomic mass is 10.1. The largest absolute Gasteiger partial charge is 0.490 e. The average Bonchev–Trinajstić information content (AvgIpc) is 2.51. The van der Waals surface area contributed by atoms with E-state index in [1.54, 1.807) is 6.92 Å². The van der Waals surface area contributed by atoms with Crippen LogP contribution in [-0.4, -0.2) is 42.0 Å². The second-order valence-electron chi connectivity index (χ2n) is 5.67. The highest BCUT2D eigenvalue weighted by molar-refractivity contribution is 6.32. The summed E-state index contributed by atoms with van der Waals surface area (Å²) in [5.74, 6) is -3.86. The average molecular weight is 385 g/mol. The summed E-state index contributed by atoms with van der Waals surface area (Å²) < 4.78 is 20.6. The van der Waals surface area contributed by atoms with Crippen molar-refractivity contribution in [2.45, 2.75) is 26.6 Å². The van der Waals surface area contributed by atoms with E-state index in [1.165, 1.54) is 32.1 Å². The molecule has 1 aliphatic rings. The van der Waals surface area contributed by atoms with Crippen LogP contribution in [0.4, 0.5) is 0 Å². The van der Waals surface area contributed by atoms with Crippen molar-refractivity contribution in [3.8, 4) is 11.5 Å². The van der Waals surface area contributed by atoms with Gasteiger partial charge >= 0.3 is 17.9 Å². The number of carbonyl (C=O) groups excluding carboxylic acids is 2. The zero-order valence-corrected chi connectivity index (χ0v) is 15.1. The molecule has 1 heterocycles. The number of carboxylic acids is 1. The Morgan fingerprint density at radius 1 is 1.19 bits per heavy atom. The van der Waals surface area contributed by atoms with Gasteiger partial charge in [0.25, 0.3) is 5.79 Å². The van der Waals surface area contributed by atoms with Crippen molar-refractivity contribution < 1.29 is 38.4 Å². The van der Waals surface area contributed by atoms with E-state index >= 15 is 0 Å². The van der Waals surface area contributed by atoms with Crippen molar-refractivity contribution >= 4 is 35.6 Å². The Morgan fingerprint density at radius 2 is 1.77 bits per heavy atom. The van der Waals surface area contributed by atoms with Gasteiger partial charge in [-0.05, 0) is 24.6 Å². The monoisotopic (exact) mass is 384 g/mol. The van der Waals surface area contributed by atoms with Crippen molar-refractivity contribution in [1.82, 2.24) is 0 Å². The number of esters is 2. The molecule has 26 heavy (non-hydrogen) atoms. The Morgan fingerprint density at radius 3 is 2.31 bits per heavy atom. The van der Waals surface area contributed by atoms with Gasteiger partial charge in [-0.15, -0.1) is 0 Å². The lowest BCUT2D eigenvalue weighted by Gasteiger charge is -2.29. The number of benzene rings is 1. The molecule has 1 aliphatic heterocycles. The standard InChI is InChI=1S/C17H17ClO8/c1-4-23-12-6-9(11(18)7-13(12)24-8-14(19)20)5-10-15(21)25-17(2,3)26-16(10)22/h5-7H,4,8H2,1-3H3,(H,19,20). The Bertz CT molecular complexity index is 759. The highest BCUT2D eigenvalue weighted by Crippen LogP contribution is 2.35. The van der Waals surface area contributed by atoms with Gasteiger partial charge in [0.1, 0.15) is 5.57 Å². The number of carbonyl (C=O) groups is 3. The van der Waals surface area contributed by atoms with Crippen LogP contribution in [0.1, 0.15) is 26.3 Å². The van der Waals surface area contributed by atoms with Crippen LogP contribution in [0.15, 0.2) is 17.7 Å². The van der Waals surface area contributed by atoms with Gasteiger partial charge in [0, 0.05) is 19.9 Å². The van der Waals surface area contributed by atoms with Crippen LogP contribution in [-0.2, 0) is 23.9 Å². The Balaban J connectivity index is 2.40. The maximum absolute atomic E-state index is 12.0. The minimum absolute atomic E-state index is 0.117. The summed E-state index contributed by atoms with van der Waals surface area (Å²) in [6.45, 7) is 4.30. The fraction of sp³-hybridized carbons (Fsp3) is 0.353. The molecule has 0 atom stereocenters. The van der Waals surface area contributed by atoms with Crippen LogP contribution < -0.4 is 9.47 Å². The minimum atomic E-state index is -1.35. The number of carboxylic acid groups (broad SMARTS) is 1. The van der Waals surface area contributed by atoms with E-state index < -0.39 is 30.3 Å². The second-order valence-corrected chi connectivity index (χ2v) is 6.08. The predicted octanol–water partition coefficient (Wildman–Crippen LogP) is 2.42. The third-order valence-electron chi connectivity index (χ3n) is 3.13. The van der Waals surface area contributed by atoms with E-state index in [4.69, 9.17) is 35.7 Å². The summed E-state index contributed by atoms with van der Waals surface area (Å²) in [6, 6.07) is 2.77. The summed E-state index contributed by atoms with van der Waals surface area (Å²) in [6.07, 6.45) is 1.21. The molecule has 0 unspecified atom stereocenters. The van der Waals surface area contributed by atoms with Gasteiger partial charge in [-0.2, -0.15) is 0 Å². The van der Waals surface area contributed by atoms with E-state index in [-0.39, 0.29) is 34.3 Å². The molecule has 1 fully saturated rings. The van der Waals surface area contributed by atoms with E-state index in [2.05, 4.69) is 0 Å². The lowest BCUT2D eigenvalue weighted by Crippen LogP contribution is -2.41. The van der Waals surface area contributed by atoms with Crippen molar-refractivity contribution in [1.29, 1.82) is 0 Å². The van der Waals surface area contributed by atoms with Crippen LogP contribution in [0.3, 0.4) is 0 Å². The fourth-order valence-electron chi connectivity index (χ4n) is 2.12. The van der Waals surface area contributed by atoms with Crippen LogP contribution >= 0.6 is 11.6 Å². The zero-order chi connectivity index (χ0) is 19.5. The number of halogens is 1. The summed E-state index contributed by atoms with van der Waals surface area (Å²) in [5, 5.41) is 8.84. The summed E-state index contributed by atoms with van der Waals surface area (Å²) in [5.41, 5.74) is -0.0470. The predicted molar refractivity (Wildman–Crippen MR) is 90.0 cm³/mol. The summed E-state index contributed by atoms with van der Waals surface area (Å²) in [7, 11) is 0. The van der Waals surface area contributed by atoms with E-state index in [1.807, 2.05) is 0 Å². The van der Waals surface area contributed by atoms with Crippen LogP contribution in [0.5, 0.6) is 11.5 Å². The van der Waals surface area contributed by atoms with Gasteiger partial charge in [-0.3, -0.25) is 0 Å². The molecule has 1 aromatic rings. The smallest absolute Gasteiger partial charge is 0.348 e. The molecule has 0 aliphatic carbocycles. The van der Waals surface area contributed by atoms with Crippen molar-refractivity contribution in [2.75, 3.05) is 13.2 Å². The van der Waals surface area contributed by atoms with Gasteiger partial charge < -0.3 is 24.1 Å². The molecule has 0 spiro atoms. The van der Waals surface area contributed by atoms with Gasteiger partial charge in [0.15, 0.2) is 18.1 Å². The molecular weight excluding hydrogens is 368 g/mol. The van der Waals surface area contributed by atoms with Crippen molar-refractivity contribution in [2.24, 2.45) is 0 Å². The first-order valence-electron chi connectivity index (χ1n) is 7.62. The Kier molecular flexibility index (Phi) is 5.76. The zero-order valence-electron chi connectivity index (χ0n) is 14.3. The lowest BCUT2D eigenvalue weighted by molar-refractivity contribution is -0.222. The van der Waals surface area contributed by atoms with E-state index in [0.29, 0.717) is 0 Å².